The molecule has 1 aliphatic heterocycles. The highest BCUT2D eigenvalue weighted by Gasteiger charge is 2.38. The maximum Gasteiger partial charge on any atom is 0.326 e. The zero-order valence-corrected chi connectivity index (χ0v) is 11.0. The summed E-state index contributed by atoms with van der Waals surface area (Å²) in [5, 5.41) is 11.6. The van der Waals surface area contributed by atoms with Gasteiger partial charge in [-0.2, -0.15) is 0 Å². The molecule has 1 atom stereocenters. The van der Waals surface area contributed by atoms with Gasteiger partial charge in [0.15, 0.2) is 0 Å². The van der Waals surface area contributed by atoms with Crippen molar-refractivity contribution in [1.82, 2.24) is 15.1 Å². The van der Waals surface area contributed by atoms with Crippen molar-refractivity contribution in [1.29, 1.82) is 0 Å². The van der Waals surface area contributed by atoms with Crippen molar-refractivity contribution in [3.8, 4) is 0 Å². The molecule has 106 valence electrons. The summed E-state index contributed by atoms with van der Waals surface area (Å²) in [5.74, 6) is -1.09. The number of carboxylic acids is 1. The predicted octanol–water partition coefficient (Wildman–Crippen LogP) is -0.277. The first kappa shape index (κ1) is 13.6. The smallest absolute Gasteiger partial charge is 0.326 e. The summed E-state index contributed by atoms with van der Waals surface area (Å²) in [5.41, 5.74) is 0. The third-order valence-corrected chi connectivity index (χ3v) is 3.60. The number of carbonyl (C=O) groups excluding carboxylic acids is 2. The lowest BCUT2D eigenvalue weighted by Gasteiger charge is -2.23. The Labute approximate surface area is 111 Å². The molecule has 1 heterocycles. The van der Waals surface area contributed by atoms with Crippen LogP contribution in [0.4, 0.5) is 4.79 Å². The van der Waals surface area contributed by atoms with E-state index in [2.05, 4.69) is 5.32 Å². The molecule has 0 radical (unpaired) electrons. The highest BCUT2D eigenvalue weighted by atomic mass is 16.4. The molecule has 2 N–H and O–H groups in total. The molecule has 0 aromatic rings. The Bertz CT molecular complexity index is 394. The van der Waals surface area contributed by atoms with Gasteiger partial charge < -0.3 is 20.2 Å². The number of carbonyl (C=O) groups is 3. The Balaban J connectivity index is 1.94. The van der Waals surface area contributed by atoms with E-state index in [0.717, 1.165) is 12.8 Å². The molecule has 2 fully saturated rings. The van der Waals surface area contributed by atoms with Gasteiger partial charge in [-0.3, -0.25) is 4.79 Å². The van der Waals surface area contributed by atoms with Gasteiger partial charge in [0, 0.05) is 20.1 Å². The highest BCUT2D eigenvalue weighted by Crippen LogP contribution is 2.32. The largest absolute Gasteiger partial charge is 0.480 e. The van der Waals surface area contributed by atoms with Crippen molar-refractivity contribution >= 4 is 17.9 Å². The van der Waals surface area contributed by atoms with Crippen LogP contribution in [-0.4, -0.2) is 65.5 Å². The monoisotopic (exact) mass is 269 g/mol. The number of amides is 3. The van der Waals surface area contributed by atoms with E-state index in [4.69, 9.17) is 5.11 Å². The van der Waals surface area contributed by atoms with Gasteiger partial charge in [-0.15, -0.1) is 0 Å². The van der Waals surface area contributed by atoms with Gasteiger partial charge >= 0.3 is 12.0 Å². The predicted molar refractivity (Wildman–Crippen MR) is 66.5 cm³/mol. The summed E-state index contributed by atoms with van der Waals surface area (Å²) >= 11 is 0. The number of nitrogens with zero attached hydrogens (tertiary/aromatic N) is 2. The fourth-order valence-corrected chi connectivity index (χ4v) is 2.19. The number of rotatable bonds is 3. The van der Waals surface area contributed by atoms with Gasteiger partial charge in [0.1, 0.15) is 12.6 Å². The minimum Gasteiger partial charge on any atom is -0.480 e. The van der Waals surface area contributed by atoms with Gasteiger partial charge in [-0.25, -0.2) is 9.59 Å². The molecule has 0 aromatic carbocycles. The minimum absolute atomic E-state index is 0.0132. The highest BCUT2D eigenvalue weighted by molar-refractivity contribution is 5.87. The molecule has 0 spiro atoms. The van der Waals surface area contributed by atoms with Crippen LogP contribution in [0.1, 0.15) is 19.3 Å². The van der Waals surface area contributed by atoms with Crippen molar-refractivity contribution in [2.45, 2.75) is 25.3 Å². The number of carboxylic acid groups (broad SMARTS) is 1. The first-order valence-electron chi connectivity index (χ1n) is 6.51. The fourth-order valence-electron chi connectivity index (χ4n) is 2.19. The molecule has 1 unspecified atom stereocenters. The molecule has 7 nitrogen and oxygen atoms in total. The van der Waals surface area contributed by atoms with Crippen molar-refractivity contribution in [3.05, 3.63) is 0 Å². The second kappa shape index (κ2) is 5.46. The molecule has 19 heavy (non-hydrogen) atoms. The van der Waals surface area contributed by atoms with Crippen LogP contribution in [0.25, 0.3) is 0 Å². The van der Waals surface area contributed by atoms with Gasteiger partial charge in [-0.1, -0.05) is 0 Å². The van der Waals surface area contributed by atoms with Crippen molar-refractivity contribution in [3.63, 3.8) is 0 Å². The average Bonchev–Trinajstić information content (AvgIpc) is 3.17. The normalized spacial score (nSPS) is 21.8. The summed E-state index contributed by atoms with van der Waals surface area (Å²) < 4.78 is 0. The number of hydrogen-bond acceptors (Lipinski definition) is 3. The van der Waals surface area contributed by atoms with Gasteiger partial charge in [-0.05, 0) is 25.2 Å². The molecule has 0 bridgehead atoms. The van der Waals surface area contributed by atoms with E-state index in [-0.39, 0.29) is 18.4 Å². The van der Waals surface area contributed by atoms with E-state index in [1.165, 1.54) is 4.90 Å². The van der Waals surface area contributed by atoms with Crippen molar-refractivity contribution in [2.75, 3.05) is 26.7 Å². The molecule has 1 aliphatic carbocycles. The minimum atomic E-state index is -1.01. The van der Waals surface area contributed by atoms with E-state index in [0.29, 0.717) is 19.5 Å². The Morgan fingerprint density at radius 1 is 1.37 bits per heavy atom. The molecule has 2 aliphatic rings. The van der Waals surface area contributed by atoms with Gasteiger partial charge in [0.05, 0.1) is 0 Å². The maximum absolute atomic E-state index is 12.0. The second-order valence-corrected chi connectivity index (χ2v) is 5.19. The summed E-state index contributed by atoms with van der Waals surface area (Å²) in [6.45, 7) is 1.10. The van der Waals surface area contributed by atoms with E-state index in [1.54, 1.807) is 11.9 Å². The molecular formula is C12H19N3O4. The van der Waals surface area contributed by atoms with Crippen LogP contribution in [0.3, 0.4) is 0 Å². The first-order chi connectivity index (χ1) is 8.99. The maximum atomic E-state index is 12.0. The molecule has 0 aromatic heterocycles. The first-order valence-corrected chi connectivity index (χ1v) is 6.51. The van der Waals surface area contributed by atoms with Crippen LogP contribution in [0.15, 0.2) is 0 Å². The molecular weight excluding hydrogens is 250 g/mol. The van der Waals surface area contributed by atoms with Crippen LogP contribution < -0.4 is 5.32 Å². The van der Waals surface area contributed by atoms with E-state index in [9.17, 15) is 14.4 Å². The standard InChI is InChI=1S/C12H19N3O4/c1-14-5-2-6-15(7-9(14)16)12(19)13-10(11(17)18)8-3-4-8/h8,10H,2-7H2,1H3,(H,13,19)(H,17,18). The summed E-state index contributed by atoms with van der Waals surface area (Å²) in [6.07, 6.45) is 2.37. The summed E-state index contributed by atoms with van der Waals surface area (Å²) in [6, 6.07) is -1.29. The van der Waals surface area contributed by atoms with E-state index < -0.39 is 18.0 Å². The number of urea groups is 1. The third kappa shape index (κ3) is 3.36. The lowest BCUT2D eigenvalue weighted by molar-refractivity contribution is -0.139. The Hall–Kier alpha value is -1.79. The number of hydrogen-bond donors (Lipinski definition) is 2. The molecule has 1 saturated carbocycles. The van der Waals surface area contributed by atoms with Crippen LogP contribution in [0.2, 0.25) is 0 Å². The number of aliphatic carboxylic acids is 1. The topological polar surface area (TPSA) is 89.9 Å². The Morgan fingerprint density at radius 3 is 2.63 bits per heavy atom. The van der Waals surface area contributed by atoms with Crippen LogP contribution in [-0.2, 0) is 9.59 Å². The Kier molecular flexibility index (Phi) is 3.92. The lowest BCUT2D eigenvalue weighted by Crippen LogP contribution is -2.50. The van der Waals surface area contributed by atoms with E-state index in [1.807, 2.05) is 0 Å². The van der Waals surface area contributed by atoms with Gasteiger partial charge in [0.2, 0.25) is 5.91 Å². The zero-order chi connectivity index (χ0) is 14.0. The molecule has 3 amide bonds. The molecule has 1 saturated heterocycles. The van der Waals surface area contributed by atoms with E-state index >= 15 is 0 Å². The lowest BCUT2D eigenvalue weighted by atomic mass is 10.2. The molecule has 2 rings (SSSR count). The second-order valence-electron chi connectivity index (χ2n) is 5.19. The van der Waals surface area contributed by atoms with Crippen LogP contribution in [0, 0.1) is 5.92 Å². The van der Waals surface area contributed by atoms with Crippen LogP contribution in [0.5, 0.6) is 0 Å². The zero-order valence-electron chi connectivity index (χ0n) is 11.0. The quantitative estimate of drug-likeness (QED) is 0.737. The average molecular weight is 269 g/mol. The number of nitrogens with one attached hydrogen (secondary N) is 1. The van der Waals surface area contributed by atoms with Crippen LogP contribution >= 0.6 is 0 Å². The molecule has 7 heteroatoms. The summed E-state index contributed by atoms with van der Waals surface area (Å²) in [7, 11) is 1.70. The Morgan fingerprint density at radius 2 is 2.05 bits per heavy atom. The van der Waals surface area contributed by atoms with Crippen molar-refractivity contribution < 1.29 is 19.5 Å². The third-order valence-electron chi connectivity index (χ3n) is 3.60. The summed E-state index contributed by atoms with van der Waals surface area (Å²) in [4.78, 5) is 37.8. The SMILES string of the molecule is CN1CCCN(C(=O)NC(C(=O)O)C2CC2)CC1=O. The fraction of sp³-hybridized carbons (Fsp3) is 0.750. The van der Waals surface area contributed by atoms with Crippen molar-refractivity contribution in [2.24, 2.45) is 5.92 Å². The number of likely N-dealkylation sites (N-methyl/N-ethyl adjacent to an activating group) is 1. The van der Waals surface area contributed by atoms with Gasteiger partial charge in [0.25, 0.3) is 0 Å².